The summed E-state index contributed by atoms with van der Waals surface area (Å²) in [7, 11) is 0. The van der Waals surface area contributed by atoms with Gasteiger partial charge in [0, 0.05) is 0 Å². The maximum absolute atomic E-state index is 12.4. The lowest BCUT2D eigenvalue weighted by atomic mass is 9.98. The van der Waals surface area contributed by atoms with Gasteiger partial charge >= 0.3 is 5.97 Å². The van der Waals surface area contributed by atoms with Gasteiger partial charge in [-0.05, 0) is 36.0 Å². The molecule has 0 saturated heterocycles. The summed E-state index contributed by atoms with van der Waals surface area (Å²) in [4.78, 5) is 23.9. The van der Waals surface area contributed by atoms with Crippen molar-refractivity contribution in [3.05, 3.63) is 46.0 Å². The Morgan fingerprint density at radius 2 is 2.09 bits per heavy atom. The van der Waals surface area contributed by atoms with Crippen LogP contribution in [0.25, 0.3) is 0 Å². The van der Waals surface area contributed by atoms with Gasteiger partial charge in [0.25, 0.3) is 5.91 Å². The van der Waals surface area contributed by atoms with E-state index in [1.165, 1.54) is 0 Å². The second-order valence-electron chi connectivity index (χ2n) is 4.88. The van der Waals surface area contributed by atoms with Gasteiger partial charge in [0.2, 0.25) is 0 Å². The minimum absolute atomic E-state index is 0.176. The van der Waals surface area contributed by atoms with E-state index in [1.807, 2.05) is 38.1 Å². The van der Waals surface area contributed by atoms with Crippen molar-refractivity contribution >= 4 is 23.4 Å². The molecular formula is C15H17N3O3S. The van der Waals surface area contributed by atoms with Gasteiger partial charge in [-0.2, -0.15) is 0 Å². The monoisotopic (exact) mass is 319 g/mol. The second kappa shape index (κ2) is 7.13. The molecule has 2 rings (SSSR count). The Bertz CT molecular complexity index is 684. The van der Waals surface area contributed by atoms with E-state index >= 15 is 0 Å². The SMILES string of the molecule is CCc1nnsc1C(=O)NC(CC(=O)O)c1ccccc1C. The highest BCUT2D eigenvalue weighted by atomic mass is 32.1. The predicted octanol–water partition coefficient (Wildman–Crippen LogP) is 2.35. The molecule has 2 aromatic rings. The largest absolute Gasteiger partial charge is 0.481 e. The Kier molecular flexibility index (Phi) is 5.21. The van der Waals surface area contributed by atoms with E-state index in [0.29, 0.717) is 17.0 Å². The molecule has 0 spiro atoms. The second-order valence-corrected chi connectivity index (χ2v) is 5.64. The van der Waals surface area contributed by atoms with Crippen LogP contribution in [0.5, 0.6) is 0 Å². The predicted molar refractivity (Wildman–Crippen MR) is 82.9 cm³/mol. The number of nitrogens with zero attached hydrogens (tertiary/aromatic N) is 2. The number of carbonyl (C=O) groups excluding carboxylic acids is 1. The average Bonchev–Trinajstić information content (AvgIpc) is 2.95. The number of amides is 1. The summed E-state index contributed by atoms with van der Waals surface area (Å²) in [5.41, 5.74) is 2.36. The van der Waals surface area contributed by atoms with Crippen LogP contribution in [0.4, 0.5) is 0 Å². The number of hydrogen-bond acceptors (Lipinski definition) is 5. The van der Waals surface area contributed by atoms with Gasteiger partial charge in [0.05, 0.1) is 18.2 Å². The number of benzene rings is 1. The van der Waals surface area contributed by atoms with E-state index in [9.17, 15) is 9.59 Å². The number of aryl methyl sites for hydroxylation is 2. The lowest BCUT2D eigenvalue weighted by Crippen LogP contribution is -2.30. The molecule has 0 aliphatic rings. The molecule has 1 heterocycles. The number of nitrogens with one attached hydrogen (secondary N) is 1. The Morgan fingerprint density at radius 3 is 2.73 bits per heavy atom. The first-order valence-electron chi connectivity index (χ1n) is 6.92. The summed E-state index contributed by atoms with van der Waals surface area (Å²) in [5, 5.41) is 15.8. The molecule has 0 fully saturated rings. The normalized spacial score (nSPS) is 11.9. The van der Waals surface area contributed by atoms with Crippen molar-refractivity contribution < 1.29 is 14.7 Å². The first-order chi connectivity index (χ1) is 10.5. The first-order valence-corrected chi connectivity index (χ1v) is 7.69. The van der Waals surface area contributed by atoms with E-state index in [4.69, 9.17) is 5.11 Å². The molecule has 1 unspecified atom stereocenters. The summed E-state index contributed by atoms with van der Waals surface area (Å²) in [6, 6.07) is 6.84. The molecule has 1 amide bonds. The Hall–Kier alpha value is -2.28. The van der Waals surface area contributed by atoms with Crippen molar-refractivity contribution in [2.45, 2.75) is 32.7 Å². The summed E-state index contributed by atoms with van der Waals surface area (Å²) >= 11 is 1.02. The number of carbonyl (C=O) groups is 2. The molecule has 2 N–H and O–H groups in total. The minimum Gasteiger partial charge on any atom is -0.481 e. The molecular weight excluding hydrogens is 302 g/mol. The lowest BCUT2D eigenvalue weighted by Gasteiger charge is -2.19. The van der Waals surface area contributed by atoms with Crippen molar-refractivity contribution in [1.82, 2.24) is 14.9 Å². The Labute approximate surface area is 132 Å². The van der Waals surface area contributed by atoms with Crippen LogP contribution >= 0.6 is 11.5 Å². The highest BCUT2D eigenvalue weighted by Gasteiger charge is 2.23. The fourth-order valence-corrected chi connectivity index (χ4v) is 2.88. The van der Waals surface area contributed by atoms with Crippen LogP contribution in [0.2, 0.25) is 0 Å². The Morgan fingerprint density at radius 1 is 1.36 bits per heavy atom. The van der Waals surface area contributed by atoms with Gasteiger partial charge in [0.1, 0.15) is 4.88 Å². The molecule has 1 aromatic carbocycles. The lowest BCUT2D eigenvalue weighted by molar-refractivity contribution is -0.137. The van der Waals surface area contributed by atoms with Gasteiger partial charge in [-0.1, -0.05) is 35.7 Å². The third kappa shape index (κ3) is 3.67. The third-order valence-electron chi connectivity index (χ3n) is 3.34. The van der Waals surface area contributed by atoms with Crippen molar-refractivity contribution in [2.24, 2.45) is 0 Å². The van der Waals surface area contributed by atoms with Gasteiger partial charge in [-0.3, -0.25) is 9.59 Å². The molecule has 0 aliphatic carbocycles. The van der Waals surface area contributed by atoms with Crippen LogP contribution in [0.1, 0.15) is 45.9 Å². The van der Waals surface area contributed by atoms with E-state index in [-0.39, 0.29) is 12.3 Å². The highest BCUT2D eigenvalue weighted by Crippen LogP contribution is 2.22. The zero-order chi connectivity index (χ0) is 16.1. The van der Waals surface area contributed by atoms with Crippen LogP contribution in [0.3, 0.4) is 0 Å². The Balaban J connectivity index is 2.26. The molecule has 7 heteroatoms. The summed E-state index contributed by atoms with van der Waals surface area (Å²) in [6.45, 7) is 3.78. The van der Waals surface area contributed by atoms with Gasteiger partial charge in [0.15, 0.2) is 0 Å². The third-order valence-corrected chi connectivity index (χ3v) is 4.11. The minimum atomic E-state index is -0.966. The van der Waals surface area contributed by atoms with Crippen molar-refractivity contribution in [3.8, 4) is 0 Å². The summed E-state index contributed by atoms with van der Waals surface area (Å²) < 4.78 is 3.79. The molecule has 0 saturated carbocycles. The van der Waals surface area contributed by atoms with Gasteiger partial charge in [-0.25, -0.2) is 0 Å². The number of aliphatic carboxylic acids is 1. The van der Waals surface area contributed by atoms with E-state index in [0.717, 1.165) is 22.7 Å². The number of rotatable bonds is 6. The first kappa shape index (κ1) is 16.1. The van der Waals surface area contributed by atoms with Gasteiger partial charge < -0.3 is 10.4 Å². The summed E-state index contributed by atoms with van der Waals surface area (Å²) in [6.07, 6.45) is 0.428. The van der Waals surface area contributed by atoms with E-state index in [1.54, 1.807) is 0 Å². The van der Waals surface area contributed by atoms with Crippen molar-refractivity contribution in [2.75, 3.05) is 0 Å². The maximum Gasteiger partial charge on any atom is 0.305 e. The van der Waals surface area contributed by atoms with Gasteiger partial charge in [-0.15, -0.1) is 5.10 Å². The van der Waals surface area contributed by atoms with Crippen molar-refractivity contribution in [3.63, 3.8) is 0 Å². The quantitative estimate of drug-likeness (QED) is 0.852. The molecule has 1 atom stereocenters. The topological polar surface area (TPSA) is 92.2 Å². The van der Waals surface area contributed by atoms with E-state index in [2.05, 4.69) is 14.9 Å². The van der Waals surface area contributed by atoms with Crippen molar-refractivity contribution in [1.29, 1.82) is 0 Å². The molecule has 1 aromatic heterocycles. The molecule has 22 heavy (non-hydrogen) atoms. The number of aromatic nitrogens is 2. The molecule has 0 radical (unpaired) electrons. The maximum atomic E-state index is 12.4. The molecule has 6 nitrogen and oxygen atoms in total. The van der Waals surface area contributed by atoms with Crippen LogP contribution in [0.15, 0.2) is 24.3 Å². The number of carboxylic acids is 1. The van der Waals surface area contributed by atoms with Crippen LogP contribution in [0, 0.1) is 6.92 Å². The average molecular weight is 319 g/mol. The number of carboxylic acid groups (broad SMARTS) is 1. The van der Waals surface area contributed by atoms with Crippen LogP contribution in [-0.2, 0) is 11.2 Å². The van der Waals surface area contributed by atoms with Crippen LogP contribution in [-0.4, -0.2) is 26.6 Å². The zero-order valence-electron chi connectivity index (χ0n) is 12.4. The standard InChI is InChI=1S/C15H17N3O3S/c1-3-11-14(22-18-17-11)15(21)16-12(8-13(19)20)10-7-5-4-6-9(10)2/h4-7,12H,3,8H2,1-2H3,(H,16,21)(H,19,20). The molecule has 0 aliphatic heterocycles. The fraction of sp³-hybridized carbons (Fsp3) is 0.333. The zero-order valence-corrected chi connectivity index (χ0v) is 13.2. The number of hydrogen-bond donors (Lipinski definition) is 2. The fourth-order valence-electron chi connectivity index (χ4n) is 2.23. The van der Waals surface area contributed by atoms with Crippen LogP contribution < -0.4 is 5.32 Å². The summed E-state index contributed by atoms with van der Waals surface area (Å²) in [5.74, 6) is -1.30. The molecule has 0 bridgehead atoms. The molecule has 116 valence electrons. The smallest absolute Gasteiger partial charge is 0.305 e. The highest BCUT2D eigenvalue weighted by molar-refractivity contribution is 7.08. The van der Waals surface area contributed by atoms with E-state index < -0.39 is 12.0 Å².